The predicted molar refractivity (Wildman–Crippen MR) is 108 cm³/mol. The molecule has 1 saturated heterocycles. The van der Waals surface area contributed by atoms with Crippen molar-refractivity contribution in [1.29, 1.82) is 0 Å². The van der Waals surface area contributed by atoms with Crippen LogP contribution in [-0.2, 0) is 11.2 Å². The monoisotopic (exact) mass is 370 g/mol. The molecule has 1 aliphatic heterocycles. The molecule has 2 aromatic rings. The summed E-state index contributed by atoms with van der Waals surface area (Å²) in [7, 11) is 0. The first-order valence-corrected chi connectivity index (χ1v) is 9.77. The summed E-state index contributed by atoms with van der Waals surface area (Å²) >= 11 is 0. The summed E-state index contributed by atoms with van der Waals surface area (Å²) in [5, 5.41) is 6.98. The van der Waals surface area contributed by atoms with Gasteiger partial charge in [0.1, 0.15) is 5.76 Å². The van der Waals surface area contributed by atoms with Gasteiger partial charge < -0.3 is 19.6 Å². The number of anilines is 2. The van der Waals surface area contributed by atoms with Crippen LogP contribution in [0, 0.1) is 20.8 Å². The fourth-order valence-electron chi connectivity index (χ4n) is 3.62. The zero-order chi connectivity index (χ0) is 19.4. The Morgan fingerprint density at radius 2 is 1.93 bits per heavy atom. The van der Waals surface area contributed by atoms with E-state index in [0.29, 0.717) is 12.8 Å². The van der Waals surface area contributed by atoms with E-state index >= 15 is 0 Å². The van der Waals surface area contributed by atoms with E-state index in [1.165, 1.54) is 5.69 Å². The molecule has 0 atom stereocenters. The molecule has 1 aromatic heterocycles. The molecule has 1 fully saturated rings. The van der Waals surface area contributed by atoms with Crippen molar-refractivity contribution in [2.45, 2.75) is 40.5 Å². The Balaban J connectivity index is 1.57. The zero-order valence-corrected chi connectivity index (χ0v) is 16.8. The van der Waals surface area contributed by atoms with E-state index in [-0.39, 0.29) is 5.91 Å². The molecule has 0 bridgehead atoms. The van der Waals surface area contributed by atoms with Crippen molar-refractivity contribution in [2.24, 2.45) is 0 Å². The summed E-state index contributed by atoms with van der Waals surface area (Å²) in [6.07, 6.45) is 1.06. The number of amides is 1. The number of aromatic nitrogens is 1. The third-order valence-electron chi connectivity index (χ3n) is 5.45. The van der Waals surface area contributed by atoms with E-state index in [1.54, 1.807) is 0 Å². The van der Waals surface area contributed by atoms with Crippen molar-refractivity contribution in [3.63, 3.8) is 0 Å². The van der Waals surface area contributed by atoms with E-state index in [1.807, 2.05) is 19.9 Å². The average Bonchev–Trinajstić information content (AvgIpc) is 2.99. The lowest BCUT2D eigenvalue weighted by Gasteiger charge is -2.35. The number of piperazine rings is 1. The van der Waals surface area contributed by atoms with Crippen LogP contribution < -0.4 is 10.2 Å². The number of likely N-dealkylation sites (N-methyl/N-ethyl adjacent to an activating group) is 1. The smallest absolute Gasteiger partial charge is 0.224 e. The molecule has 6 nitrogen and oxygen atoms in total. The van der Waals surface area contributed by atoms with Gasteiger partial charge in [-0.05, 0) is 57.5 Å². The molecule has 1 N–H and O–H groups in total. The highest BCUT2D eigenvalue weighted by Gasteiger charge is 2.17. The number of nitrogens with one attached hydrogen (secondary N) is 1. The lowest BCUT2D eigenvalue weighted by molar-refractivity contribution is -0.116. The molecule has 0 spiro atoms. The molecule has 2 heterocycles. The Labute approximate surface area is 161 Å². The van der Waals surface area contributed by atoms with Crippen LogP contribution in [0.25, 0.3) is 0 Å². The Hall–Kier alpha value is -2.34. The van der Waals surface area contributed by atoms with Crippen molar-refractivity contribution in [3.8, 4) is 0 Å². The molecule has 6 heteroatoms. The number of nitrogens with zero attached hydrogens (tertiary/aromatic N) is 3. The number of hydrogen-bond acceptors (Lipinski definition) is 5. The Morgan fingerprint density at radius 1 is 1.19 bits per heavy atom. The minimum atomic E-state index is 0.0161. The van der Waals surface area contributed by atoms with Crippen molar-refractivity contribution >= 4 is 17.3 Å². The Morgan fingerprint density at radius 3 is 2.52 bits per heavy atom. The number of rotatable bonds is 6. The summed E-state index contributed by atoms with van der Waals surface area (Å²) in [6, 6.07) is 6.30. The molecule has 0 unspecified atom stereocenters. The summed E-state index contributed by atoms with van der Waals surface area (Å²) in [4.78, 5) is 17.2. The molecule has 1 aromatic carbocycles. The topological polar surface area (TPSA) is 61.6 Å². The highest BCUT2D eigenvalue weighted by molar-refractivity contribution is 5.92. The first-order chi connectivity index (χ1) is 13.0. The molecular formula is C21H30N4O2. The van der Waals surface area contributed by atoms with Crippen LogP contribution in [0.3, 0.4) is 0 Å². The second-order valence-corrected chi connectivity index (χ2v) is 7.27. The third kappa shape index (κ3) is 4.69. The van der Waals surface area contributed by atoms with Crippen molar-refractivity contribution in [1.82, 2.24) is 10.1 Å². The summed E-state index contributed by atoms with van der Waals surface area (Å²) < 4.78 is 5.16. The average molecular weight is 370 g/mol. The van der Waals surface area contributed by atoms with Gasteiger partial charge in [-0.1, -0.05) is 12.1 Å². The number of benzene rings is 1. The van der Waals surface area contributed by atoms with E-state index in [4.69, 9.17) is 4.52 Å². The standard InChI is InChI=1S/C21H30N4O2/c1-5-24-10-12-25(13-11-24)18-6-8-20(15(2)14-18)22-21(26)9-7-19-16(3)23-27-17(19)4/h6,8,14H,5,7,9-13H2,1-4H3,(H,22,26). The third-order valence-corrected chi connectivity index (χ3v) is 5.45. The van der Waals surface area contributed by atoms with Gasteiger partial charge in [0.2, 0.25) is 5.91 Å². The van der Waals surface area contributed by atoms with Gasteiger partial charge in [0.15, 0.2) is 0 Å². The first-order valence-electron chi connectivity index (χ1n) is 9.77. The molecule has 1 aliphatic rings. The molecule has 0 saturated carbocycles. The Kier molecular flexibility index (Phi) is 6.16. The van der Waals surface area contributed by atoms with Crippen molar-refractivity contribution in [2.75, 3.05) is 42.9 Å². The van der Waals surface area contributed by atoms with Crippen LogP contribution >= 0.6 is 0 Å². The van der Waals surface area contributed by atoms with Crippen LogP contribution in [0.1, 0.15) is 35.9 Å². The maximum Gasteiger partial charge on any atom is 0.224 e. The highest BCUT2D eigenvalue weighted by atomic mass is 16.5. The van der Waals surface area contributed by atoms with Crippen LogP contribution in [0.2, 0.25) is 0 Å². The Bertz CT molecular complexity index is 772. The van der Waals surface area contributed by atoms with E-state index in [9.17, 15) is 4.79 Å². The minimum Gasteiger partial charge on any atom is -0.369 e. The fourth-order valence-corrected chi connectivity index (χ4v) is 3.62. The SMILES string of the molecule is CCN1CCN(c2ccc(NC(=O)CCc3c(C)noc3C)c(C)c2)CC1. The van der Waals surface area contributed by atoms with E-state index in [0.717, 1.165) is 61.0 Å². The molecule has 1 amide bonds. The number of carbonyl (C=O) groups excluding carboxylic acids is 1. The minimum absolute atomic E-state index is 0.0161. The first kappa shape index (κ1) is 19.4. The van der Waals surface area contributed by atoms with Gasteiger partial charge in [-0.15, -0.1) is 0 Å². The largest absolute Gasteiger partial charge is 0.369 e. The zero-order valence-electron chi connectivity index (χ0n) is 16.8. The maximum absolute atomic E-state index is 12.4. The number of carbonyl (C=O) groups is 1. The summed E-state index contributed by atoms with van der Waals surface area (Å²) in [6.45, 7) is 13.5. The van der Waals surface area contributed by atoms with Gasteiger partial charge in [-0.25, -0.2) is 0 Å². The van der Waals surface area contributed by atoms with E-state index in [2.05, 4.69) is 46.3 Å². The van der Waals surface area contributed by atoms with Crippen LogP contribution in [0.4, 0.5) is 11.4 Å². The van der Waals surface area contributed by atoms with Crippen LogP contribution in [0.5, 0.6) is 0 Å². The van der Waals surface area contributed by atoms with Crippen LogP contribution in [-0.4, -0.2) is 48.7 Å². The number of aryl methyl sites for hydroxylation is 3. The quantitative estimate of drug-likeness (QED) is 0.845. The van der Waals surface area contributed by atoms with Gasteiger partial charge in [0, 0.05) is 49.5 Å². The van der Waals surface area contributed by atoms with Gasteiger partial charge in [0.25, 0.3) is 0 Å². The van der Waals surface area contributed by atoms with E-state index < -0.39 is 0 Å². The van der Waals surface area contributed by atoms with Gasteiger partial charge in [-0.3, -0.25) is 4.79 Å². The van der Waals surface area contributed by atoms with Crippen LogP contribution in [0.15, 0.2) is 22.7 Å². The lowest BCUT2D eigenvalue weighted by atomic mass is 10.1. The number of hydrogen-bond donors (Lipinski definition) is 1. The second-order valence-electron chi connectivity index (χ2n) is 7.27. The van der Waals surface area contributed by atoms with Crippen molar-refractivity contribution in [3.05, 3.63) is 40.8 Å². The molecule has 3 rings (SSSR count). The highest BCUT2D eigenvalue weighted by Crippen LogP contribution is 2.24. The second kappa shape index (κ2) is 8.57. The van der Waals surface area contributed by atoms with Gasteiger partial charge in [0.05, 0.1) is 5.69 Å². The maximum atomic E-state index is 12.4. The molecule has 0 aliphatic carbocycles. The van der Waals surface area contributed by atoms with Gasteiger partial charge in [-0.2, -0.15) is 0 Å². The predicted octanol–water partition coefficient (Wildman–Crippen LogP) is 3.31. The molecule has 146 valence electrons. The molecular weight excluding hydrogens is 340 g/mol. The van der Waals surface area contributed by atoms with Gasteiger partial charge >= 0.3 is 0 Å². The fraction of sp³-hybridized carbons (Fsp3) is 0.524. The lowest BCUT2D eigenvalue weighted by Crippen LogP contribution is -2.46. The summed E-state index contributed by atoms with van der Waals surface area (Å²) in [5.41, 5.74) is 5.11. The normalized spacial score (nSPS) is 15.2. The molecule has 0 radical (unpaired) electrons. The molecule has 27 heavy (non-hydrogen) atoms. The summed E-state index contributed by atoms with van der Waals surface area (Å²) in [5.74, 6) is 0.811. The van der Waals surface area contributed by atoms with Crippen molar-refractivity contribution < 1.29 is 9.32 Å².